The maximum absolute atomic E-state index is 10.6. The van der Waals surface area contributed by atoms with Crippen LogP contribution in [0.15, 0.2) is 30.3 Å². The van der Waals surface area contributed by atoms with Gasteiger partial charge in [-0.25, -0.2) is 0 Å². The van der Waals surface area contributed by atoms with Crippen LogP contribution in [-0.4, -0.2) is 16.2 Å². The van der Waals surface area contributed by atoms with Crippen molar-refractivity contribution in [3.63, 3.8) is 0 Å². The fourth-order valence-electron chi connectivity index (χ4n) is 3.25. The first-order valence-corrected chi connectivity index (χ1v) is 6.69. The summed E-state index contributed by atoms with van der Waals surface area (Å²) in [5, 5.41) is 10.6. The summed E-state index contributed by atoms with van der Waals surface area (Å²) in [4.78, 5) is 0. The Bertz CT molecular complexity index is 389. The van der Waals surface area contributed by atoms with Crippen molar-refractivity contribution in [3.8, 4) is 0 Å². The number of rotatable bonds is 2. The number of hydrogen-bond donors (Lipinski definition) is 2. The third kappa shape index (κ3) is 1.90. The van der Waals surface area contributed by atoms with Gasteiger partial charge in [0.15, 0.2) is 0 Å². The van der Waals surface area contributed by atoms with Crippen molar-refractivity contribution >= 4 is 0 Å². The van der Waals surface area contributed by atoms with Gasteiger partial charge in [-0.2, -0.15) is 0 Å². The second kappa shape index (κ2) is 3.82. The fourth-order valence-corrected chi connectivity index (χ4v) is 3.25. The zero-order valence-electron chi connectivity index (χ0n) is 10.2. The van der Waals surface area contributed by atoms with Crippen molar-refractivity contribution in [2.24, 2.45) is 5.73 Å². The van der Waals surface area contributed by atoms with Crippen molar-refractivity contribution in [2.45, 2.75) is 55.6 Å². The first-order valence-electron chi connectivity index (χ1n) is 6.69. The molecule has 0 atom stereocenters. The molecule has 0 saturated heterocycles. The van der Waals surface area contributed by atoms with Crippen LogP contribution in [0.2, 0.25) is 0 Å². The van der Waals surface area contributed by atoms with Gasteiger partial charge in [0.2, 0.25) is 0 Å². The predicted molar refractivity (Wildman–Crippen MR) is 68.8 cm³/mol. The summed E-state index contributed by atoms with van der Waals surface area (Å²) in [5.41, 5.74) is 6.76. The molecule has 17 heavy (non-hydrogen) atoms. The summed E-state index contributed by atoms with van der Waals surface area (Å²) < 4.78 is 0. The first-order chi connectivity index (χ1) is 8.13. The number of benzene rings is 1. The Morgan fingerprint density at radius 1 is 1.00 bits per heavy atom. The van der Waals surface area contributed by atoms with Crippen LogP contribution in [0.4, 0.5) is 0 Å². The van der Waals surface area contributed by atoms with Crippen molar-refractivity contribution in [2.75, 3.05) is 0 Å². The minimum atomic E-state index is -0.585. The van der Waals surface area contributed by atoms with Gasteiger partial charge in [0.05, 0.1) is 5.60 Å². The first kappa shape index (κ1) is 11.2. The molecule has 0 bridgehead atoms. The SMILES string of the molecule is NC1(C2(O)CCC(c3ccccc3)CC2)CC1. The topological polar surface area (TPSA) is 46.2 Å². The number of hydrogen-bond acceptors (Lipinski definition) is 2. The third-order valence-corrected chi connectivity index (χ3v) is 4.80. The average Bonchev–Trinajstić information content (AvgIpc) is 3.11. The lowest BCUT2D eigenvalue weighted by Gasteiger charge is -2.40. The highest BCUT2D eigenvalue weighted by atomic mass is 16.3. The smallest absolute Gasteiger partial charge is 0.0826 e. The lowest BCUT2D eigenvalue weighted by atomic mass is 9.72. The molecular weight excluding hydrogens is 210 g/mol. The summed E-state index contributed by atoms with van der Waals surface area (Å²) in [5.74, 6) is 0.610. The van der Waals surface area contributed by atoms with Gasteiger partial charge >= 0.3 is 0 Å². The van der Waals surface area contributed by atoms with Gasteiger partial charge in [0, 0.05) is 5.54 Å². The maximum Gasteiger partial charge on any atom is 0.0826 e. The average molecular weight is 231 g/mol. The Balaban J connectivity index is 1.69. The minimum absolute atomic E-state index is 0.255. The summed E-state index contributed by atoms with van der Waals surface area (Å²) in [7, 11) is 0. The predicted octanol–water partition coefficient (Wildman–Crippen LogP) is 2.57. The Morgan fingerprint density at radius 3 is 2.12 bits per heavy atom. The second-order valence-corrected chi connectivity index (χ2v) is 5.87. The fraction of sp³-hybridized carbons (Fsp3) is 0.600. The molecule has 0 unspecified atom stereocenters. The molecular formula is C15H21NO. The highest BCUT2D eigenvalue weighted by Gasteiger charge is 2.56. The minimum Gasteiger partial charge on any atom is -0.388 e. The van der Waals surface area contributed by atoms with E-state index in [9.17, 15) is 5.11 Å². The van der Waals surface area contributed by atoms with Crippen molar-refractivity contribution in [1.82, 2.24) is 0 Å². The normalized spacial score (nSPS) is 35.5. The van der Waals surface area contributed by atoms with Gasteiger partial charge in [-0.3, -0.25) is 0 Å². The van der Waals surface area contributed by atoms with Crippen LogP contribution < -0.4 is 5.73 Å². The van der Waals surface area contributed by atoms with Gasteiger partial charge in [-0.1, -0.05) is 30.3 Å². The van der Waals surface area contributed by atoms with Crippen LogP contribution in [0.1, 0.15) is 50.0 Å². The molecule has 3 rings (SSSR count). The number of nitrogens with two attached hydrogens (primary N) is 1. The van der Waals surface area contributed by atoms with E-state index in [1.165, 1.54) is 5.56 Å². The molecule has 92 valence electrons. The summed E-state index contributed by atoms with van der Waals surface area (Å²) >= 11 is 0. The van der Waals surface area contributed by atoms with Crippen LogP contribution in [0.25, 0.3) is 0 Å². The van der Waals surface area contributed by atoms with Crippen molar-refractivity contribution in [3.05, 3.63) is 35.9 Å². The Hall–Kier alpha value is -0.860. The third-order valence-electron chi connectivity index (χ3n) is 4.80. The highest BCUT2D eigenvalue weighted by Crippen LogP contribution is 2.51. The molecule has 0 spiro atoms. The van der Waals surface area contributed by atoms with Gasteiger partial charge < -0.3 is 10.8 Å². The molecule has 0 aliphatic heterocycles. The van der Waals surface area contributed by atoms with Gasteiger partial charge in [-0.05, 0) is 50.0 Å². The van der Waals surface area contributed by atoms with E-state index in [0.717, 1.165) is 38.5 Å². The lowest BCUT2D eigenvalue weighted by molar-refractivity contribution is -0.0329. The molecule has 2 fully saturated rings. The largest absolute Gasteiger partial charge is 0.388 e. The molecule has 2 heteroatoms. The van der Waals surface area contributed by atoms with Gasteiger partial charge in [0.25, 0.3) is 0 Å². The molecule has 0 radical (unpaired) electrons. The molecule has 1 aromatic rings. The van der Waals surface area contributed by atoms with E-state index in [0.29, 0.717) is 5.92 Å². The molecule has 0 amide bonds. The van der Waals surface area contributed by atoms with Crippen LogP contribution >= 0.6 is 0 Å². The van der Waals surface area contributed by atoms with Gasteiger partial charge in [-0.15, -0.1) is 0 Å². The highest BCUT2D eigenvalue weighted by molar-refractivity contribution is 5.22. The van der Waals surface area contributed by atoms with E-state index >= 15 is 0 Å². The van der Waals surface area contributed by atoms with Crippen LogP contribution in [0.5, 0.6) is 0 Å². The zero-order valence-corrected chi connectivity index (χ0v) is 10.2. The molecule has 0 aromatic heterocycles. The van der Waals surface area contributed by atoms with E-state index in [4.69, 9.17) is 5.73 Å². The number of aliphatic hydroxyl groups is 1. The van der Waals surface area contributed by atoms with Crippen LogP contribution in [0.3, 0.4) is 0 Å². The molecule has 2 saturated carbocycles. The Morgan fingerprint density at radius 2 is 1.59 bits per heavy atom. The Kier molecular flexibility index (Phi) is 2.53. The van der Waals surface area contributed by atoms with E-state index in [1.807, 2.05) is 0 Å². The molecule has 2 aliphatic carbocycles. The molecule has 3 N–H and O–H groups in total. The van der Waals surface area contributed by atoms with Crippen molar-refractivity contribution in [1.29, 1.82) is 0 Å². The standard InChI is InChI=1S/C15H21NO/c16-14(10-11-14)15(17)8-6-13(7-9-15)12-4-2-1-3-5-12/h1-5,13,17H,6-11,16H2. The van der Waals surface area contributed by atoms with E-state index in [2.05, 4.69) is 30.3 Å². The van der Waals surface area contributed by atoms with E-state index in [-0.39, 0.29) is 5.54 Å². The second-order valence-electron chi connectivity index (χ2n) is 5.87. The summed E-state index contributed by atoms with van der Waals surface area (Å²) in [6.07, 6.45) is 5.87. The monoisotopic (exact) mass is 231 g/mol. The summed E-state index contributed by atoms with van der Waals surface area (Å²) in [6, 6.07) is 10.7. The van der Waals surface area contributed by atoms with Crippen LogP contribution in [-0.2, 0) is 0 Å². The maximum atomic E-state index is 10.6. The summed E-state index contributed by atoms with van der Waals surface area (Å²) in [6.45, 7) is 0. The van der Waals surface area contributed by atoms with E-state index < -0.39 is 5.60 Å². The molecule has 2 nitrogen and oxygen atoms in total. The van der Waals surface area contributed by atoms with Crippen molar-refractivity contribution < 1.29 is 5.11 Å². The Labute approximate surface area is 103 Å². The lowest BCUT2D eigenvalue weighted by Crippen LogP contribution is -2.52. The quantitative estimate of drug-likeness (QED) is 0.821. The van der Waals surface area contributed by atoms with Crippen LogP contribution in [0, 0.1) is 0 Å². The van der Waals surface area contributed by atoms with E-state index in [1.54, 1.807) is 0 Å². The molecule has 2 aliphatic rings. The van der Waals surface area contributed by atoms with Gasteiger partial charge in [0.1, 0.15) is 0 Å². The zero-order chi connectivity index (χ0) is 11.9. The molecule has 0 heterocycles. The molecule has 1 aromatic carbocycles.